The second-order valence-electron chi connectivity index (χ2n) is 5.00. The molecule has 1 heterocycles. The van der Waals surface area contributed by atoms with E-state index in [1.165, 1.54) is 11.3 Å². The van der Waals surface area contributed by atoms with Crippen molar-refractivity contribution in [2.24, 2.45) is 0 Å². The van der Waals surface area contributed by atoms with Crippen LogP contribution in [0.3, 0.4) is 0 Å². The Hall–Kier alpha value is -1.92. The Morgan fingerprint density at radius 3 is 2.70 bits per heavy atom. The predicted molar refractivity (Wildman–Crippen MR) is 93.1 cm³/mol. The number of hydrogen-bond donors (Lipinski definition) is 2. The number of rotatable bonds is 7. The Bertz CT molecular complexity index is 670. The Morgan fingerprint density at radius 2 is 2.00 bits per heavy atom. The molecule has 2 amide bonds. The molecule has 23 heavy (non-hydrogen) atoms. The van der Waals surface area contributed by atoms with Crippen LogP contribution in [-0.4, -0.2) is 23.3 Å². The third-order valence-electron chi connectivity index (χ3n) is 3.08. The molecule has 7 heteroatoms. The number of anilines is 1. The average molecular weight is 352 g/mol. The number of nitrogens with one attached hydrogen (secondary N) is 2. The van der Waals surface area contributed by atoms with Gasteiger partial charge in [-0.1, -0.05) is 37.1 Å². The smallest absolute Gasteiger partial charge is 0.270 e. The van der Waals surface area contributed by atoms with E-state index in [9.17, 15) is 9.59 Å². The van der Waals surface area contributed by atoms with Gasteiger partial charge in [-0.2, -0.15) is 0 Å². The van der Waals surface area contributed by atoms with Crippen LogP contribution >= 0.6 is 22.9 Å². The molecular formula is C16H18ClN3O2S. The summed E-state index contributed by atoms with van der Waals surface area (Å²) < 4.78 is 0. The molecular weight excluding hydrogens is 334 g/mol. The standard InChI is InChI=1S/C16H18ClN3O2S/c1-2-3-8-18-15(22)13-10-23-16(19-13)20-14(21)9-11-4-6-12(17)7-5-11/h4-7,10H,2-3,8-9H2,1H3,(H,18,22)(H,19,20,21). The minimum atomic E-state index is -0.215. The van der Waals surface area contributed by atoms with Gasteiger partial charge in [-0.3, -0.25) is 9.59 Å². The molecule has 0 saturated heterocycles. The van der Waals surface area contributed by atoms with E-state index < -0.39 is 0 Å². The van der Waals surface area contributed by atoms with Crippen LogP contribution in [0.4, 0.5) is 5.13 Å². The van der Waals surface area contributed by atoms with Gasteiger partial charge >= 0.3 is 0 Å². The predicted octanol–water partition coefficient (Wildman–Crippen LogP) is 3.51. The van der Waals surface area contributed by atoms with E-state index in [1.807, 2.05) is 0 Å². The lowest BCUT2D eigenvalue weighted by atomic mass is 10.1. The van der Waals surface area contributed by atoms with E-state index >= 15 is 0 Å². The molecule has 1 aromatic carbocycles. The fourth-order valence-corrected chi connectivity index (χ4v) is 2.69. The molecule has 0 radical (unpaired) electrons. The number of benzene rings is 1. The van der Waals surface area contributed by atoms with Crippen LogP contribution < -0.4 is 10.6 Å². The van der Waals surface area contributed by atoms with Crippen LogP contribution in [0.25, 0.3) is 0 Å². The summed E-state index contributed by atoms with van der Waals surface area (Å²) in [6, 6.07) is 7.09. The summed E-state index contributed by atoms with van der Waals surface area (Å²) in [5.74, 6) is -0.396. The van der Waals surface area contributed by atoms with Gasteiger partial charge in [-0.05, 0) is 24.1 Å². The van der Waals surface area contributed by atoms with Crippen LogP contribution in [0.15, 0.2) is 29.6 Å². The number of amides is 2. The Labute approximate surface area is 144 Å². The maximum atomic E-state index is 12.0. The second kappa shape index (κ2) is 8.64. The lowest BCUT2D eigenvalue weighted by Gasteiger charge is -2.02. The van der Waals surface area contributed by atoms with Crippen molar-refractivity contribution in [3.05, 3.63) is 45.9 Å². The Kier molecular flexibility index (Phi) is 6.55. The number of hydrogen-bond acceptors (Lipinski definition) is 4. The van der Waals surface area contributed by atoms with Crippen LogP contribution in [0, 0.1) is 0 Å². The number of aromatic nitrogens is 1. The number of thiazole rings is 1. The van der Waals surface area contributed by atoms with Gasteiger partial charge in [0.25, 0.3) is 5.91 Å². The van der Waals surface area contributed by atoms with E-state index in [0.29, 0.717) is 22.4 Å². The average Bonchev–Trinajstić information content (AvgIpc) is 2.98. The molecule has 0 bridgehead atoms. The lowest BCUT2D eigenvalue weighted by Crippen LogP contribution is -2.24. The summed E-state index contributed by atoms with van der Waals surface area (Å²) in [5.41, 5.74) is 1.19. The first-order valence-electron chi connectivity index (χ1n) is 7.36. The number of unbranched alkanes of at least 4 members (excludes halogenated alkanes) is 1. The van der Waals surface area contributed by atoms with Gasteiger partial charge in [0, 0.05) is 16.9 Å². The molecule has 0 atom stereocenters. The maximum absolute atomic E-state index is 12.0. The molecule has 0 aliphatic heterocycles. The van der Waals surface area contributed by atoms with E-state index in [-0.39, 0.29) is 18.2 Å². The van der Waals surface area contributed by atoms with Crippen LogP contribution in [0.2, 0.25) is 5.02 Å². The zero-order valence-electron chi connectivity index (χ0n) is 12.8. The summed E-state index contributed by atoms with van der Waals surface area (Å²) in [6.45, 7) is 2.69. The van der Waals surface area contributed by atoms with Crippen molar-refractivity contribution in [2.75, 3.05) is 11.9 Å². The number of nitrogens with zero attached hydrogens (tertiary/aromatic N) is 1. The summed E-state index contributed by atoms with van der Waals surface area (Å²) in [7, 11) is 0. The molecule has 122 valence electrons. The SMILES string of the molecule is CCCCNC(=O)c1csc(NC(=O)Cc2ccc(Cl)cc2)n1. The van der Waals surface area contributed by atoms with Gasteiger partial charge < -0.3 is 10.6 Å². The third kappa shape index (κ3) is 5.65. The second-order valence-corrected chi connectivity index (χ2v) is 6.29. The molecule has 0 spiro atoms. The first-order chi connectivity index (χ1) is 11.1. The van der Waals surface area contributed by atoms with Crippen molar-refractivity contribution < 1.29 is 9.59 Å². The van der Waals surface area contributed by atoms with E-state index in [4.69, 9.17) is 11.6 Å². The van der Waals surface area contributed by atoms with E-state index in [2.05, 4.69) is 22.5 Å². The molecule has 0 aliphatic rings. The zero-order valence-corrected chi connectivity index (χ0v) is 14.3. The molecule has 2 N–H and O–H groups in total. The molecule has 0 fully saturated rings. The highest BCUT2D eigenvalue weighted by molar-refractivity contribution is 7.14. The molecule has 5 nitrogen and oxygen atoms in total. The van der Waals surface area contributed by atoms with Crippen molar-refractivity contribution in [3.8, 4) is 0 Å². The van der Waals surface area contributed by atoms with Gasteiger partial charge in [0.2, 0.25) is 5.91 Å². The van der Waals surface area contributed by atoms with E-state index in [1.54, 1.807) is 29.6 Å². The van der Waals surface area contributed by atoms with Gasteiger partial charge in [-0.15, -0.1) is 11.3 Å². The van der Waals surface area contributed by atoms with Crippen molar-refractivity contribution in [2.45, 2.75) is 26.2 Å². The lowest BCUT2D eigenvalue weighted by molar-refractivity contribution is -0.115. The third-order valence-corrected chi connectivity index (χ3v) is 4.09. The highest BCUT2D eigenvalue weighted by Gasteiger charge is 2.12. The molecule has 0 saturated carbocycles. The van der Waals surface area contributed by atoms with Gasteiger partial charge in [0.05, 0.1) is 6.42 Å². The van der Waals surface area contributed by atoms with Gasteiger partial charge in [0.1, 0.15) is 5.69 Å². The van der Waals surface area contributed by atoms with Gasteiger partial charge in [-0.25, -0.2) is 4.98 Å². The monoisotopic (exact) mass is 351 g/mol. The minimum absolute atomic E-state index is 0.181. The minimum Gasteiger partial charge on any atom is -0.351 e. The maximum Gasteiger partial charge on any atom is 0.270 e. The highest BCUT2D eigenvalue weighted by Crippen LogP contribution is 2.16. The number of halogens is 1. The summed E-state index contributed by atoms with van der Waals surface area (Å²) >= 11 is 7.04. The van der Waals surface area contributed by atoms with Crippen molar-refractivity contribution in [1.29, 1.82) is 0 Å². The molecule has 2 rings (SSSR count). The Balaban J connectivity index is 1.87. The summed E-state index contributed by atoms with van der Waals surface area (Å²) in [5, 5.41) is 8.19. The first-order valence-corrected chi connectivity index (χ1v) is 8.62. The van der Waals surface area contributed by atoms with Crippen molar-refractivity contribution in [3.63, 3.8) is 0 Å². The molecule has 0 unspecified atom stereocenters. The largest absolute Gasteiger partial charge is 0.351 e. The molecule has 2 aromatic rings. The van der Waals surface area contributed by atoms with Crippen molar-refractivity contribution >= 4 is 39.9 Å². The quantitative estimate of drug-likeness (QED) is 0.750. The highest BCUT2D eigenvalue weighted by atomic mass is 35.5. The Morgan fingerprint density at radius 1 is 1.26 bits per heavy atom. The van der Waals surface area contributed by atoms with Gasteiger partial charge in [0.15, 0.2) is 5.13 Å². The number of carbonyl (C=O) groups excluding carboxylic acids is 2. The van der Waals surface area contributed by atoms with Crippen LogP contribution in [-0.2, 0) is 11.2 Å². The van der Waals surface area contributed by atoms with Crippen molar-refractivity contribution in [1.82, 2.24) is 10.3 Å². The fraction of sp³-hybridized carbons (Fsp3) is 0.312. The zero-order chi connectivity index (χ0) is 16.7. The van der Waals surface area contributed by atoms with E-state index in [0.717, 1.165) is 18.4 Å². The first kappa shape index (κ1) is 17.4. The normalized spacial score (nSPS) is 10.3. The van der Waals surface area contributed by atoms with Crippen LogP contribution in [0.5, 0.6) is 0 Å². The van der Waals surface area contributed by atoms with Crippen LogP contribution in [0.1, 0.15) is 35.8 Å². The topological polar surface area (TPSA) is 71.1 Å². The molecule has 0 aliphatic carbocycles. The fourth-order valence-electron chi connectivity index (χ4n) is 1.86. The summed E-state index contributed by atoms with van der Waals surface area (Å²) in [4.78, 5) is 28.0. The number of carbonyl (C=O) groups is 2. The molecule has 1 aromatic heterocycles. The summed E-state index contributed by atoms with van der Waals surface area (Å²) in [6.07, 6.45) is 2.18.